The Morgan fingerprint density at radius 2 is 1.45 bits per heavy atom. The Bertz CT molecular complexity index is 1350. The number of rotatable bonds is 9. The summed E-state index contributed by atoms with van der Waals surface area (Å²) >= 11 is 5.97. The van der Waals surface area contributed by atoms with Gasteiger partial charge in [0.25, 0.3) is 0 Å². The minimum atomic E-state index is -0.298. The highest BCUT2D eigenvalue weighted by molar-refractivity contribution is 6.30. The molecule has 0 fully saturated rings. The van der Waals surface area contributed by atoms with Crippen LogP contribution in [0.3, 0.4) is 0 Å². The molecule has 194 valence electrons. The van der Waals surface area contributed by atoms with Crippen molar-refractivity contribution in [3.05, 3.63) is 114 Å². The second kappa shape index (κ2) is 13.2. The van der Waals surface area contributed by atoms with E-state index in [9.17, 15) is 9.59 Å². The number of aryl methyl sites for hydroxylation is 1. The first kappa shape index (κ1) is 26.6. The van der Waals surface area contributed by atoms with E-state index in [-0.39, 0.29) is 12.1 Å². The van der Waals surface area contributed by atoms with Crippen LogP contribution in [0.1, 0.15) is 12.0 Å². The van der Waals surface area contributed by atoms with Gasteiger partial charge < -0.3 is 20.7 Å². The Balaban J connectivity index is 1.39. The standard InChI is InChI=1S/C30H29ClN4O3/c1-22-8-5-6-11-28(22)34-29(36)32-20-7-21-35(30(37)33-24-14-12-23(31)13-15-24)25-16-18-27(19-17-25)38-26-9-3-2-4-10-26/h2-6,8-19H,7,20-21H2,1H3,(H,33,37)(H2,32,34,36). The number of benzene rings is 4. The number of nitrogens with zero attached hydrogens (tertiary/aromatic N) is 1. The number of carbonyl (C=O) groups excluding carboxylic acids is 2. The van der Waals surface area contributed by atoms with Crippen molar-refractivity contribution < 1.29 is 14.3 Å². The lowest BCUT2D eigenvalue weighted by Crippen LogP contribution is -2.38. The van der Waals surface area contributed by atoms with Gasteiger partial charge in [0, 0.05) is 35.2 Å². The average Bonchev–Trinajstić information content (AvgIpc) is 2.92. The van der Waals surface area contributed by atoms with Gasteiger partial charge in [-0.2, -0.15) is 0 Å². The molecule has 0 saturated heterocycles. The molecule has 7 nitrogen and oxygen atoms in total. The molecule has 38 heavy (non-hydrogen) atoms. The van der Waals surface area contributed by atoms with Crippen molar-refractivity contribution >= 4 is 40.7 Å². The van der Waals surface area contributed by atoms with Gasteiger partial charge in [0.15, 0.2) is 0 Å². The number of urea groups is 2. The zero-order valence-electron chi connectivity index (χ0n) is 21.0. The summed E-state index contributed by atoms with van der Waals surface area (Å²) in [6.07, 6.45) is 0.539. The molecule has 4 amide bonds. The predicted molar refractivity (Wildman–Crippen MR) is 154 cm³/mol. The third kappa shape index (κ3) is 7.75. The van der Waals surface area contributed by atoms with Gasteiger partial charge in [-0.15, -0.1) is 0 Å². The lowest BCUT2D eigenvalue weighted by atomic mass is 10.2. The number of hydrogen-bond donors (Lipinski definition) is 3. The van der Waals surface area contributed by atoms with Crippen molar-refractivity contribution in [2.45, 2.75) is 13.3 Å². The zero-order valence-corrected chi connectivity index (χ0v) is 21.7. The van der Waals surface area contributed by atoms with E-state index in [1.54, 1.807) is 29.2 Å². The van der Waals surface area contributed by atoms with Crippen molar-refractivity contribution in [2.24, 2.45) is 0 Å². The minimum Gasteiger partial charge on any atom is -0.457 e. The van der Waals surface area contributed by atoms with Crippen molar-refractivity contribution in [1.29, 1.82) is 0 Å². The van der Waals surface area contributed by atoms with Crippen LogP contribution in [0.15, 0.2) is 103 Å². The van der Waals surface area contributed by atoms with Crippen LogP contribution in [0.4, 0.5) is 26.7 Å². The summed E-state index contributed by atoms with van der Waals surface area (Å²) in [6.45, 7) is 2.70. The summed E-state index contributed by atoms with van der Waals surface area (Å²) < 4.78 is 5.88. The summed E-state index contributed by atoms with van der Waals surface area (Å²) in [6, 6.07) is 30.7. The molecule has 0 radical (unpaired) electrons. The Kier molecular flexibility index (Phi) is 9.21. The van der Waals surface area contributed by atoms with Gasteiger partial charge in [0.1, 0.15) is 11.5 Å². The molecule has 4 aromatic rings. The minimum absolute atomic E-state index is 0.293. The molecular weight excluding hydrogens is 500 g/mol. The fraction of sp³-hybridized carbons (Fsp3) is 0.133. The highest BCUT2D eigenvalue weighted by atomic mass is 35.5. The van der Waals surface area contributed by atoms with E-state index in [2.05, 4.69) is 16.0 Å². The van der Waals surface area contributed by atoms with E-state index >= 15 is 0 Å². The monoisotopic (exact) mass is 528 g/mol. The van der Waals surface area contributed by atoms with Crippen LogP contribution in [0.2, 0.25) is 5.02 Å². The Morgan fingerprint density at radius 3 is 2.16 bits per heavy atom. The van der Waals surface area contributed by atoms with Crippen LogP contribution < -0.4 is 25.6 Å². The molecule has 0 aliphatic rings. The van der Waals surface area contributed by atoms with Crippen molar-refractivity contribution in [3.63, 3.8) is 0 Å². The number of amides is 4. The molecule has 4 aromatic carbocycles. The van der Waals surface area contributed by atoms with Crippen LogP contribution in [-0.4, -0.2) is 25.2 Å². The number of para-hydroxylation sites is 2. The van der Waals surface area contributed by atoms with E-state index in [1.165, 1.54) is 0 Å². The third-order valence-corrected chi connectivity index (χ3v) is 5.96. The first-order valence-electron chi connectivity index (χ1n) is 12.3. The number of hydrogen-bond acceptors (Lipinski definition) is 3. The molecule has 8 heteroatoms. The van der Waals surface area contributed by atoms with Crippen LogP contribution >= 0.6 is 11.6 Å². The number of anilines is 3. The highest BCUT2D eigenvalue weighted by Crippen LogP contribution is 2.25. The third-order valence-electron chi connectivity index (χ3n) is 5.71. The normalized spacial score (nSPS) is 10.4. The quantitative estimate of drug-likeness (QED) is 0.195. The Labute approximate surface area is 227 Å². The van der Waals surface area contributed by atoms with E-state index in [0.29, 0.717) is 41.7 Å². The number of nitrogens with one attached hydrogen (secondary N) is 3. The average molecular weight is 529 g/mol. The molecule has 0 saturated carbocycles. The molecule has 4 rings (SSSR count). The Hall–Kier alpha value is -4.49. The molecule has 0 atom stereocenters. The smallest absolute Gasteiger partial charge is 0.326 e. The first-order valence-corrected chi connectivity index (χ1v) is 12.6. The van der Waals surface area contributed by atoms with Gasteiger partial charge in [0.05, 0.1) is 0 Å². The second-order valence-corrected chi connectivity index (χ2v) is 8.98. The van der Waals surface area contributed by atoms with E-state index < -0.39 is 0 Å². The van der Waals surface area contributed by atoms with E-state index in [4.69, 9.17) is 16.3 Å². The molecule has 0 heterocycles. The van der Waals surface area contributed by atoms with Crippen LogP contribution in [0.25, 0.3) is 0 Å². The van der Waals surface area contributed by atoms with Crippen LogP contribution in [-0.2, 0) is 0 Å². The summed E-state index contributed by atoms with van der Waals surface area (Å²) in [7, 11) is 0. The number of halogens is 1. The fourth-order valence-electron chi connectivity index (χ4n) is 3.71. The maximum atomic E-state index is 13.2. The van der Waals surface area contributed by atoms with E-state index in [1.807, 2.05) is 85.8 Å². The molecule has 0 aliphatic carbocycles. The molecule has 3 N–H and O–H groups in total. The SMILES string of the molecule is Cc1ccccc1NC(=O)NCCCN(C(=O)Nc1ccc(Cl)cc1)c1ccc(Oc2ccccc2)cc1. The van der Waals surface area contributed by atoms with Crippen LogP contribution in [0, 0.1) is 6.92 Å². The summed E-state index contributed by atoms with van der Waals surface area (Å²) in [5, 5.41) is 9.20. The maximum Gasteiger partial charge on any atom is 0.326 e. The number of ether oxygens (including phenoxy) is 1. The van der Waals surface area contributed by atoms with Crippen molar-refractivity contribution in [1.82, 2.24) is 5.32 Å². The van der Waals surface area contributed by atoms with Gasteiger partial charge in [0.2, 0.25) is 0 Å². The highest BCUT2D eigenvalue weighted by Gasteiger charge is 2.16. The van der Waals surface area contributed by atoms with E-state index in [0.717, 1.165) is 17.0 Å². The van der Waals surface area contributed by atoms with Gasteiger partial charge >= 0.3 is 12.1 Å². The molecule has 0 aromatic heterocycles. The first-order chi connectivity index (χ1) is 18.5. The van der Waals surface area contributed by atoms with Crippen molar-refractivity contribution in [2.75, 3.05) is 28.6 Å². The molecular formula is C30H29ClN4O3. The van der Waals surface area contributed by atoms with Gasteiger partial charge in [-0.3, -0.25) is 4.90 Å². The second-order valence-electron chi connectivity index (χ2n) is 8.55. The lowest BCUT2D eigenvalue weighted by molar-refractivity contribution is 0.252. The lowest BCUT2D eigenvalue weighted by Gasteiger charge is -2.24. The van der Waals surface area contributed by atoms with Gasteiger partial charge in [-0.05, 0) is 85.6 Å². The van der Waals surface area contributed by atoms with Gasteiger partial charge in [-0.25, -0.2) is 9.59 Å². The fourth-order valence-corrected chi connectivity index (χ4v) is 3.84. The summed E-state index contributed by atoms with van der Waals surface area (Å²) in [4.78, 5) is 27.2. The Morgan fingerprint density at radius 1 is 0.789 bits per heavy atom. The van der Waals surface area contributed by atoms with Crippen LogP contribution in [0.5, 0.6) is 11.5 Å². The topological polar surface area (TPSA) is 82.7 Å². The molecule has 0 unspecified atom stereocenters. The van der Waals surface area contributed by atoms with Gasteiger partial charge in [-0.1, -0.05) is 48.0 Å². The van der Waals surface area contributed by atoms with Crippen molar-refractivity contribution in [3.8, 4) is 11.5 Å². The summed E-state index contributed by atoms with van der Waals surface area (Å²) in [5.74, 6) is 1.39. The number of carbonyl (C=O) groups is 2. The molecule has 0 aliphatic heterocycles. The molecule has 0 bridgehead atoms. The zero-order chi connectivity index (χ0) is 26.7. The predicted octanol–water partition coefficient (Wildman–Crippen LogP) is 7.69. The largest absolute Gasteiger partial charge is 0.457 e. The molecule has 0 spiro atoms. The maximum absolute atomic E-state index is 13.2. The summed E-state index contributed by atoms with van der Waals surface area (Å²) in [5.41, 5.74) is 3.06.